The second kappa shape index (κ2) is 4.29. The van der Waals surface area contributed by atoms with Gasteiger partial charge in [-0.25, -0.2) is 0 Å². The SMILES string of the molecule is Cc1ccc(Cl)c2[nH]c3c(c12)C[C@@H](N(C)C)CC3. The van der Waals surface area contributed by atoms with E-state index in [1.165, 1.54) is 28.6 Å². The van der Waals surface area contributed by atoms with Crippen LogP contribution in [0.3, 0.4) is 0 Å². The lowest BCUT2D eigenvalue weighted by Gasteiger charge is -2.28. The van der Waals surface area contributed by atoms with Gasteiger partial charge in [0.05, 0.1) is 10.5 Å². The highest BCUT2D eigenvalue weighted by atomic mass is 35.5. The molecule has 3 heteroatoms. The van der Waals surface area contributed by atoms with Crippen LogP contribution in [0.4, 0.5) is 0 Å². The van der Waals surface area contributed by atoms with Crippen LogP contribution in [-0.2, 0) is 12.8 Å². The molecule has 1 heterocycles. The van der Waals surface area contributed by atoms with E-state index in [1.54, 1.807) is 0 Å². The van der Waals surface area contributed by atoms with Crippen molar-refractivity contribution in [2.24, 2.45) is 0 Å². The molecule has 1 aliphatic rings. The highest BCUT2D eigenvalue weighted by Crippen LogP contribution is 2.35. The molecule has 0 amide bonds. The molecule has 0 radical (unpaired) electrons. The van der Waals surface area contributed by atoms with Crippen LogP contribution in [0.2, 0.25) is 5.02 Å². The molecule has 96 valence electrons. The number of H-pyrrole nitrogens is 1. The zero-order chi connectivity index (χ0) is 12.9. The number of fused-ring (bicyclic) bond motifs is 3. The minimum absolute atomic E-state index is 0.648. The Balaban J connectivity index is 2.18. The molecular weight excluding hydrogens is 244 g/mol. The Bertz CT molecular complexity index is 598. The maximum absolute atomic E-state index is 6.31. The number of halogens is 1. The Labute approximate surface area is 113 Å². The van der Waals surface area contributed by atoms with E-state index in [9.17, 15) is 0 Å². The topological polar surface area (TPSA) is 19.0 Å². The van der Waals surface area contributed by atoms with Gasteiger partial charge < -0.3 is 9.88 Å². The van der Waals surface area contributed by atoms with Gasteiger partial charge in [0.2, 0.25) is 0 Å². The predicted molar refractivity (Wildman–Crippen MR) is 77.5 cm³/mol. The first-order chi connectivity index (χ1) is 8.58. The number of aromatic nitrogens is 1. The van der Waals surface area contributed by atoms with Gasteiger partial charge in [0.25, 0.3) is 0 Å². The molecular formula is C15H19ClN2. The average Bonchev–Trinajstić information content (AvgIpc) is 2.73. The highest BCUT2D eigenvalue weighted by Gasteiger charge is 2.24. The summed E-state index contributed by atoms with van der Waals surface area (Å²) in [5, 5.41) is 2.19. The lowest BCUT2D eigenvalue weighted by atomic mass is 9.90. The summed E-state index contributed by atoms with van der Waals surface area (Å²) in [7, 11) is 4.34. The minimum atomic E-state index is 0.648. The molecule has 2 nitrogen and oxygen atoms in total. The first-order valence-electron chi connectivity index (χ1n) is 6.53. The van der Waals surface area contributed by atoms with Crippen LogP contribution in [0.15, 0.2) is 12.1 Å². The fourth-order valence-electron chi connectivity index (χ4n) is 3.10. The van der Waals surface area contributed by atoms with Gasteiger partial charge in [-0.2, -0.15) is 0 Å². The Kier molecular flexibility index (Phi) is 2.87. The minimum Gasteiger partial charge on any atom is -0.357 e. The van der Waals surface area contributed by atoms with E-state index in [4.69, 9.17) is 11.6 Å². The first kappa shape index (κ1) is 12.1. The third-order valence-electron chi connectivity index (χ3n) is 4.20. The average molecular weight is 263 g/mol. The molecule has 18 heavy (non-hydrogen) atoms. The van der Waals surface area contributed by atoms with Crippen LogP contribution >= 0.6 is 11.6 Å². The molecule has 0 aliphatic heterocycles. The monoisotopic (exact) mass is 262 g/mol. The molecule has 0 fully saturated rings. The van der Waals surface area contributed by atoms with Crippen LogP contribution in [0, 0.1) is 6.92 Å². The number of aromatic amines is 1. The molecule has 0 spiro atoms. The molecule has 0 saturated heterocycles. The van der Waals surface area contributed by atoms with Gasteiger partial charge in [-0.05, 0) is 57.5 Å². The Morgan fingerprint density at radius 3 is 2.83 bits per heavy atom. The summed E-state index contributed by atoms with van der Waals surface area (Å²) in [6.45, 7) is 2.17. The highest BCUT2D eigenvalue weighted by molar-refractivity contribution is 6.35. The van der Waals surface area contributed by atoms with Gasteiger partial charge in [0.1, 0.15) is 0 Å². The molecule has 1 aromatic heterocycles. The van der Waals surface area contributed by atoms with Gasteiger partial charge >= 0.3 is 0 Å². The van der Waals surface area contributed by atoms with Crippen molar-refractivity contribution in [3.63, 3.8) is 0 Å². The molecule has 1 aliphatic carbocycles. The van der Waals surface area contributed by atoms with Gasteiger partial charge in [-0.1, -0.05) is 17.7 Å². The second-order valence-electron chi connectivity index (χ2n) is 5.56. The summed E-state index contributed by atoms with van der Waals surface area (Å²) in [6, 6.07) is 4.76. The van der Waals surface area contributed by atoms with Crippen molar-refractivity contribution >= 4 is 22.5 Å². The number of hydrogen-bond acceptors (Lipinski definition) is 1. The third kappa shape index (κ3) is 1.75. The van der Waals surface area contributed by atoms with Gasteiger partial charge in [-0.3, -0.25) is 0 Å². The molecule has 3 rings (SSSR count). The zero-order valence-electron chi connectivity index (χ0n) is 11.2. The lowest BCUT2D eigenvalue weighted by Crippen LogP contribution is -2.33. The molecule has 2 aromatic rings. The van der Waals surface area contributed by atoms with E-state index >= 15 is 0 Å². The summed E-state index contributed by atoms with van der Waals surface area (Å²) in [5.74, 6) is 0. The normalized spacial score (nSPS) is 19.5. The summed E-state index contributed by atoms with van der Waals surface area (Å²) in [6.07, 6.45) is 3.48. The van der Waals surface area contributed by atoms with Crippen molar-refractivity contribution in [3.05, 3.63) is 34.0 Å². The second-order valence-corrected chi connectivity index (χ2v) is 5.96. The number of nitrogens with zero attached hydrogens (tertiary/aromatic N) is 1. The molecule has 1 aromatic carbocycles. The maximum atomic E-state index is 6.31. The summed E-state index contributed by atoms with van der Waals surface area (Å²) in [4.78, 5) is 5.87. The van der Waals surface area contributed by atoms with Crippen LogP contribution in [0.1, 0.15) is 23.2 Å². The predicted octanol–water partition coefficient (Wildman–Crippen LogP) is 3.55. The zero-order valence-corrected chi connectivity index (χ0v) is 11.9. The van der Waals surface area contributed by atoms with E-state index in [1.807, 2.05) is 6.07 Å². The van der Waals surface area contributed by atoms with Crippen LogP contribution in [0.5, 0.6) is 0 Å². The van der Waals surface area contributed by atoms with Crippen molar-refractivity contribution in [1.29, 1.82) is 0 Å². The van der Waals surface area contributed by atoms with Crippen molar-refractivity contribution in [3.8, 4) is 0 Å². The summed E-state index contributed by atoms with van der Waals surface area (Å²) in [5.41, 5.74) is 5.32. The van der Waals surface area contributed by atoms with Gasteiger partial charge in [0, 0.05) is 17.1 Å². The van der Waals surface area contributed by atoms with Crippen molar-refractivity contribution in [2.75, 3.05) is 14.1 Å². The maximum Gasteiger partial charge on any atom is 0.0651 e. The van der Waals surface area contributed by atoms with E-state index in [2.05, 4.69) is 37.0 Å². The summed E-state index contributed by atoms with van der Waals surface area (Å²) < 4.78 is 0. The number of nitrogens with one attached hydrogen (secondary N) is 1. The smallest absolute Gasteiger partial charge is 0.0651 e. The third-order valence-corrected chi connectivity index (χ3v) is 4.52. The number of likely N-dealkylation sites (N-methyl/N-ethyl adjacent to an activating group) is 1. The number of rotatable bonds is 1. The van der Waals surface area contributed by atoms with Crippen LogP contribution in [-0.4, -0.2) is 30.0 Å². The van der Waals surface area contributed by atoms with E-state index in [-0.39, 0.29) is 0 Å². The number of benzene rings is 1. The van der Waals surface area contributed by atoms with Crippen LogP contribution in [0.25, 0.3) is 10.9 Å². The van der Waals surface area contributed by atoms with Crippen molar-refractivity contribution in [2.45, 2.75) is 32.2 Å². The standard InChI is InChI=1S/C15H19ClN2/c1-9-4-6-12(16)15-14(9)11-8-10(18(2)3)5-7-13(11)17-15/h4,6,10,17H,5,7-8H2,1-3H3/t10-/m0/s1. The molecule has 0 bridgehead atoms. The van der Waals surface area contributed by atoms with Gasteiger partial charge in [-0.15, -0.1) is 0 Å². The molecule has 0 unspecified atom stereocenters. The Morgan fingerprint density at radius 2 is 2.11 bits per heavy atom. The van der Waals surface area contributed by atoms with E-state index in [0.29, 0.717) is 6.04 Å². The molecule has 0 saturated carbocycles. The van der Waals surface area contributed by atoms with Crippen molar-refractivity contribution < 1.29 is 0 Å². The Hall–Kier alpha value is -0.990. The van der Waals surface area contributed by atoms with Crippen LogP contribution < -0.4 is 0 Å². The first-order valence-corrected chi connectivity index (χ1v) is 6.90. The number of aryl methyl sites for hydroxylation is 2. The quantitative estimate of drug-likeness (QED) is 0.833. The molecule has 1 atom stereocenters. The Morgan fingerprint density at radius 1 is 1.33 bits per heavy atom. The van der Waals surface area contributed by atoms with E-state index < -0.39 is 0 Å². The largest absolute Gasteiger partial charge is 0.357 e. The van der Waals surface area contributed by atoms with E-state index in [0.717, 1.165) is 23.4 Å². The lowest BCUT2D eigenvalue weighted by molar-refractivity contribution is 0.268. The fraction of sp³-hybridized carbons (Fsp3) is 0.467. The van der Waals surface area contributed by atoms with Gasteiger partial charge in [0.15, 0.2) is 0 Å². The summed E-state index contributed by atoms with van der Waals surface area (Å²) >= 11 is 6.31. The fourth-order valence-corrected chi connectivity index (χ4v) is 3.30. The number of hydrogen-bond donors (Lipinski definition) is 1. The molecule has 1 N–H and O–H groups in total. The van der Waals surface area contributed by atoms with Crippen molar-refractivity contribution in [1.82, 2.24) is 9.88 Å².